The van der Waals surface area contributed by atoms with E-state index in [4.69, 9.17) is 4.74 Å². The van der Waals surface area contributed by atoms with Crippen LogP contribution < -0.4 is 15.4 Å². The van der Waals surface area contributed by atoms with Crippen molar-refractivity contribution in [1.82, 2.24) is 20.4 Å². The summed E-state index contributed by atoms with van der Waals surface area (Å²) in [6.07, 6.45) is -0.0681. The Labute approximate surface area is 173 Å². The quantitative estimate of drug-likeness (QED) is 0.267. The Kier molecular flexibility index (Phi) is 9.39. The van der Waals surface area contributed by atoms with Crippen LogP contribution in [0.4, 0.5) is 13.2 Å². The van der Waals surface area contributed by atoms with Crippen molar-refractivity contribution in [2.45, 2.75) is 25.7 Å². The molecule has 0 radical (unpaired) electrons. The number of alkyl halides is 3. The Morgan fingerprint density at radius 3 is 2.67 bits per heavy atom. The Balaban J connectivity index is 0.00000364. The molecule has 0 atom stereocenters. The predicted octanol–water partition coefficient (Wildman–Crippen LogP) is 3.28. The number of guanidine groups is 1. The lowest BCUT2D eigenvalue weighted by Crippen LogP contribution is -2.38. The number of nitrogens with zero attached hydrogens (tertiary/aromatic N) is 3. The molecule has 0 bridgehead atoms. The molecule has 0 saturated heterocycles. The van der Waals surface area contributed by atoms with Crippen molar-refractivity contribution in [3.05, 3.63) is 47.8 Å². The molecule has 0 fully saturated rings. The molecular weight excluding hydrogens is 474 g/mol. The summed E-state index contributed by atoms with van der Waals surface area (Å²) in [5, 5.41) is 10.1. The van der Waals surface area contributed by atoms with E-state index in [9.17, 15) is 13.2 Å². The van der Waals surface area contributed by atoms with Gasteiger partial charge >= 0.3 is 6.18 Å². The van der Waals surface area contributed by atoms with E-state index in [1.807, 2.05) is 16.9 Å². The molecule has 1 heterocycles. The molecule has 1 aromatic carbocycles. The van der Waals surface area contributed by atoms with E-state index in [1.54, 1.807) is 13.2 Å². The van der Waals surface area contributed by atoms with Crippen LogP contribution in [-0.4, -0.2) is 36.4 Å². The van der Waals surface area contributed by atoms with Crippen LogP contribution in [0.2, 0.25) is 0 Å². The Morgan fingerprint density at radius 2 is 2.07 bits per heavy atom. The van der Waals surface area contributed by atoms with Gasteiger partial charge in [-0.25, -0.2) is 0 Å². The first-order valence-corrected chi connectivity index (χ1v) is 8.10. The maximum absolute atomic E-state index is 13.2. The van der Waals surface area contributed by atoms with Crippen LogP contribution in [0.5, 0.6) is 5.75 Å². The van der Waals surface area contributed by atoms with Crippen molar-refractivity contribution in [3.63, 3.8) is 0 Å². The maximum atomic E-state index is 13.2. The van der Waals surface area contributed by atoms with Gasteiger partial charge in [0, 0.05) is 39.1 Å². The molecular formula is C17H23F3IN5O. The van der Waals surface area contributed by atoms with E-state index in [1.165, 1.54) is 19.2 Å². The monoisotopic (exact) mass is 497 g/mol. The van der Waals surface area contributed by atoms with Gasteiger partial charge < -0.3 is 15.4 Å². The number of hydrogen-bond acceptors (Lipinski definition) is 3. The lowest BCUT2D eigenvalue weighted by atomic mass is 10.1. The van der Waals surface area contributed by atoms with Gasteiger partial charge in [0.05, 0.1) is 12.7 Å². The third kappa shape index (κ3) is 7.27. The van der Waals surface area contributed by atoms with Crippen LogP contribution in [-0.2, 0) is 19.3 Å². The van der Waals surface area contributed by atoms with Gasteiger partial charge in [-0.2, -0.15) is 18.3 Å². The van der Waals surface area contributed by atoms with Crippen molar-refractivity contribution < 1.29 is 17.9 Å². The molecule has 0 aliphatic heterocycles. The normalized spacial score (nSPS) is 11.7. The van der Waals surface area contributed by atoms with Gasteiger partial charge in [0.2, 0.25) is 0 Å². The van der Waals surface area contributed by atoms with E-state index in [2.05, 4.69) is 20.7 Å². The average Bonchev–Trinajstić information content (AvgIpc) is 3.13. The summed E-state index contributed by atoms with van der Waals surface area (Å²) in [5.41, 5.74) is -0.601. The minimum atomic E-state index is -4.45. The SMILES string of the molecule is CN=C(NCCCn1cccn1)NCc1ccc(OC)cc1C(F)(F)F.I. The fourth-order valence-corrected chi connectivity index (χ4v) is 2.38. The van der Waals surface area contributed by atoms with Crippen LogP contribution in [0.3, 0.4) is 0 Å². The van der Waals surface area contributed by atoms with Crippen molar-refractivity contribution >= 4 is 29.9 Å². The number of nitrogens with one attached hydrogen (secondary N) is 2. The minimum absolute atomic E-state index is 0. The lowest BCUT2D eigenvalue weighted by Gasteiger charge is -2.16. The Bertz CT molecular complexity index is 720. The third-order valence-corrected chi connectivity index (χ3v) is 3.71. The minimum Gasteiger partial charge on any atom is -0.497 e. The number of aliphatic imine (C=N–C) groups is 1. The number of methoxy groups -OCH3 is 1. The highest BCUT2D eigenvalue weighted by molar-refractivity contribution is 14.0. The van der Waals surface area contributed by atoms with E-state index in [0.29, 0.717) is 12.5 Å². The van der Waals surface area contributed by atoms with Gasteiger partial charge in [-0.05, 0) is 30.2 Å². The third-order valence-electron chi connectivity index (χ3n) is 3.71. The van der Waals surface area contributed by atoms with Gasteiger partial charge in [-0.3, -0.25) is 9.67 Å². The summed E-state index contributed by atoms with van der Waals surface area (Å²) in [4.78, 5) is 4.03. The van der Waals surface area contributed by atoms with Gasteiger partial charge in [-0.15, -0.1) is 24.0 Å². The highest BCUT2D eigenvalue weighted by Gasteiger charge is 2.33. The van der Waals surface area contributed by atoms with Crippen molar-refractivity contribution in [2.24, 2.45) is 4.99 Å². The number of rotatable bonds is 7. The molecule has 0 aliphatic carbocycles. The Hall–Kier alpha value is -1.98. The number of halogens is 4. The molecule has 0 spiro atoms. The fraction of sp³-hybridized carbons (Fsp3) is 0.412. The number of aryl methyl sites for hydroxylation is 1. The maximum Gasteiger partial charge on any atom is 0.416 e. The van der Waals surface area contributed by atoms with E-state index < -0.39 is 11.7 Å². The average molecular weight is 497 g/mol. The lowest BCUT2D eigenvalue weighted by molar-refractivity contribution is -0.138. The van der Waals surface area contributed by atoms with Crippen LogP contribution in [0.15, 0.2) is 41.7 Å². The smallest absolute Gasteiger partial charge is 0.416 e. The van der Waals surface area contributed by atoms with Crippen molar-refractivity contribution in [3.8, 4) is 5.75 Å². The highest BCUT2D eigenvalue weighted by atomic mass is 127. The van der Waals surface area contributed by atoms with Crippen molar-refractivity contribution in [2.75, 3.05) is 20.7 Å². The second-order valence-electron chi connectivity index (χ2n) is 5.50. The zero-order valence-corrected chi connectivity index (χ0v) is 17.4. The molecule has 0 amide bonds. The number of aromatic nitrogens is 2. The van der Waals surface area contributed by atoms with Crippen LogP contribution >= 0.6 is 24.0 Å². The largest absolute Gasteiger partial charge is 0.497 e. The molecule has 6 nitrogen and oxygen atoms in total. The molecule has 1 aromatic heterocycles. The molecule has 2 N–H and O–H groups in total. The summed E-state index contributed by atoms with van der Waals surface area (Å²) in [6, 6.07) is 5.75. The highest BCUT2D eigenvalue weighted by Crippen LogP contribution is 2.34. The zero-order chi connectivity index (χ0) is 19.0. The molecule has 2 rings (SSSR count). The predicted molar refractivity (Wildman–Crippen MR) is 108 cm³/mol. The number of benzene rings is 1. The molecule has 10 heteroatoms. The number of hydrogen-bond donors (Lipinski definition) is 2. The van der Waals surface area contributed by atoms with Crippen LogP contribution in [0.25, 0.3) is 0 Å². The van der Waals surface area contributed by atoms with E-state index >= 15 is 0 Å². The summed E-state index contributed by atoms with van der Waals surface area (Å²) >= 11 is 0. The molecule has 27 heavy (non-hydrogen) atoms. The Morgan fingerprint density at radius 1 is 1.30 bits per heavy atom. The fourth-order valence-electron chi connectivity index (χ4n) is 2.38. The van der Waals surface area contributed by atoms with Crippen LogP contribution in [0, 0.1) is 0 Å². The molecule has 0 aliphatic rings. The summed E-state index contributed by atoms with van der Waals surface area (Å²) < 4.78 is 46.3. The summed E-state index contributed by atoms with van der Waals surface area (Å²) in [7, 11) is 2.91. The first-order valence-electron chi connectivity index (χ1n) is 8.10. The van der Waals surface area contributed by atoms with Crippen LogP contribution in [0.1, 0.15) is 17.5 Å². The van der Waals surface area contributed by atoms with E-state index in [-0.39, 0.29) is 41.8 Å². The molecule has 2 aromatic rings. The topological polar surface area (TPSA) is 63.5 Å². The molecule has 150 valence electrons. The van der Waals surface area contributed by atoms with Gasteiger partial charge in [0.1, 0.15) is 5.75 Å². The molecule has 0 saturated carbocycles. The standard InChI is InChI=1S/C17H22F3N5O.HI/c1-21-16(22-7-3-9-25-10-4-8-24-25)23-12-13-5-6-14(26-2)11-15(13)17(18,19)20;/h4-6,8,10-11H,3,7,9,12H2,1-2H3,(H2,21,22,23);1H. The second-order valence-corrected chi connectivity index (χ2v) is 5.50. The second kappa shape index (κ2) is 11.0. The van der Waals surface area contributed by atoms with Gasteiger partial charge in [0.25, 0.3) is 0 Å². The van der Waals surface area contributed by atoms with Gasteiger partial charge in [0.15, 0.2) is 5.96 Å². The van der Waals surface area contributed by atoms with Crippen molar-refractivity contribution in [1.29, 1.82) is 0 Å². The first-order chi connectivity index (χ1) is 12.4. The summed E-state index contributed by atoms with van der Waals surface area (Å²) in [6.45, 7) is 1.36. The number of ether oxygens (including phenoxy) is 1. The first kappa shape index (κ1) is 23.1. The van der Waals surface area contributed by atoms with E-state index in [0.717, 1.165) is 19.0 Å². The zero-order valence-electron chi connectivity index (χ0n) is 15.1. The molecule has 0 unspecified atom stereocenters. The summed E-state index contributed by atoms with van der Waals surface area (Å²) in [5.74, 6) is 0.608. The van der Waals surface area contributed by atoms with Gasteiger partial charge in [-0.1, -0.05) is 6.07 Å².